The molecule has 0 radical (unpaired) electrons. The Hall–Kier alpha value is -3.70. The van der Waals surface area contributed by atoms with Gasteiger partial charge in [-0.05, 0) is 24.1 Å². The molecule has 0 aliphatic heterocycles. The van der Waals surface area contributed by atoms with E-state index in [1.165, 1.54) is 6.33 Å². The van der Waals surface area contributed by atoms with E-state index in [2.05, 4.69) is 20.4 Å². The molecule has 0 saturated carbocycles. The van der Waals surface area contributed by atoms with Gasteiger partial charge in [0.1, 0.15) is 12.1 Å². The molecule has 0 aliphatic rings. The average molecular weight is 397 g/mol. The van der Waals surface area contributed by atoms with Crippen molar-refractivity contribution in [3.63, 3.8) is 0 Å². The fourth-order valence-electron chi connectivity index (χ4n) is 2.07. The first kappa shape index (κ1) is 20.6. The Balaban J connectivity index is 0.000000345. The number of hydrogen-bond donors (Lipinski definition) is 3. The number of benzene rings is 1. The van der Waals surface area contributed by atoms with E-state index >= 15 is 0 Å². The van der Waals surface area contributed by atoms with Gasteiger partial charge in [-0.15, -0.1) is 0 Å². The minimum Gasteiger partial charge on any atom is -0.478 e. The third kappa shape index (κ3) is 5.65. The smallest absolute Gasteiger partial charge is 0.478 e. The SMILES string of the molecule is O=C(O)C(F)(F)F.O=C(O)c1cccc(CCNc2cncc3ncnn23)c1. The number of rotatable bonds is 5. The molecule has 0 spiro atoms. The number of aromatic carboxylic acids is 1. The van der Waals surface area contributed by atoms with E-state index in [-0.39, 0.29) is 0 Å². The minimum atomic E-state index is -5.08. The largest absolute Gasteiger partial charge is 0.490 e. The first-order chi connectivity index (χ1) is 13.2. The lowest BCUT2D eigenvalue weighted by molar-refractivity contribution is -0.192. The van der Waals surface area contributed by atoms with Crippen LogP contribution >= 0.6 is 0 Å². The summed E-state index contributed by atoms with van der Waals surface area (Å²) in [6.07, 6.45) is 0.397. The van der Waals surface area contributed by atoms with Gasteiger partial charge in [0, 0.05) is 6.54 Å². The quantitative estimate of drug-likeness (QED) is 0.597. The average Bonchev–Trinajstić information content (AvgIpc) is 3.11. The van der Waals surface area contributed by atoms with Crippen LogP contribution in [0.2, 0.25) is 0 Å². The number of aliphatic carboxylic acids is 1. The van der Waals surface area contributed by atoms with E-state index in [4.69, 9.17) is 15.0 Å². The predicted molar refractivity (Wildman–Crippen MR) is 90.1 cm³/mol. The van der Waals surface area contributed by atoms with Crippen LogP contribution in [-0.2, 0) is 11.2 Å². The third-order valence-electron chi connectivity index (χ3n) is 3.33. The van der Waals surface area contributed by atoms with Crippen LogP contribution in [0.4, 0.5) is 19.0 Å². The number of nitrogens with zero attached hydrogens (tertiary/aromatic N) is 4. The lowest BCUT2D eigenvalue weighted by Crippen LogP contribution is -2.21. The topological polar surface area (TPSA) is 130 Å². The highest BCUT2D eigenvalue weighted by Gasteiger charge is 2.38. The molecular formula is C16H14F3N5O4. The number of carboxylic acids is 2. The van der Waals surface area contributed by atoms with Crippen LogP contribution in [0, 0.1) is 0 Å². The number of hydrogen-bond acceptors (Lipinski definition) is 6. The van der Waals surface area contributed by atoms with Crippen LogP contribution in [0.25, 0.3) is 5.65 Å². The Morgan fingerprint density at radius 3 is 2.54 bits per heavy atom. The van der Waals surface area contributed by atoms with Crippen molar-refractivity contribution in [2.75, 3.05) is 11.9 Å². The number of alkyl halides is 3. The maximum absolute atomic E-state index is 10.9. The minimum absolute atomic E-state index is 0.299. The van der Waals surface area contributed by atoms with Crippen LogP contribution in [0.3, 0.4) is 0 Å². The van der Waals surface area contributed by atoms with Gasteiger partial charge in [-0.3, -0.25) is 4.98 Å². The number of anilines is 1. The number of fused-ring (bicyclic) bond motifs is 1. The van der Waals surface area contributed by atoms with Gasteiger partial charge in [-0.1, -0.05) is 12.1 Å². The molecule has 0 amide bonds. The van der Waals surface area contributed by atoms with Gasteiger partial charge >= 0.3 is 18.1 Å². The van der Waals surface area contributed by atoms with Crippen molar-refractivity contribution in [2.24, 2.45) is 0 Å². The molecule has 12 heteroatoms. The highest BCUT2D eigenvalue weighted by Crippen LogP contribution is 2.13. The fourth-order valence-corrected chi connectivity index (χ4v) is 2.07. The molecule has 0 unspecified atom stereocenters. The summed E-state index contributed by atoms with van der Waals surface area (Å²) < 4.78 is 33.4. The van der Waals surface area contributed by atoms with Gasteiger partial charge in [0.15, 0.2) is 5.65 Å². The maximum atomic E-state index is 10.9. The summed E-state index contributed by atoms with van der Waals surface area (Å²) in [6, 6.07) is 6.92. The van der Waals surface area contributed by atoms with Crippen molar-refractivity contribution in [3.8, 4) is 0 Å². The van der Waals surface area contributed by atoms with Crippen LogP contribution in [0.5, 0.6) is 0 Å². The van der Waals surface area contributed by atoms with E-state index in [0.717, 1.165) is 11.4 Å². The lowest BCUT2D eigenvalue weighted by atomic mass is 10.1. The molecule has 3 rings (SSSR count). The molecule has 3 aromatic rings. The van der Waals surface area contributed by atoms with Gasteiger partial charge in [0.2, 0.25) is 0 Å². The summed E-state index contributed by atoms with van der Waals surface area (Å²) in [5.41, 5.74) is 1.93. The van der Waals surface area contributed by atoms with Crippen molar-refractivity contribution < 1.29 is 33.0 Å². The molecule has 148 valence electrons. The van der Waals surface area contributed by atoms with Crippen molar-refractivity contribution in [1.82, 2.24) is 19.6 Å². The van der Waals surface area contributed by atoms with E-state index in [9.17, 15) is 18.0 Å². The summed E-state index contributed by atoms with van der Waals surface area (Å²) in [5, 5.41) is 23.4. The van der Waals surface area contributed by atoms with Gasteiger partial charge < -0.3 is 15.5 Å². The van der Waals surface area contributed by atoms with Crippen LogP contribution in [-0.4, -0.2) is 54.5 Å². The van der Waals surface area contributed by atoms with Crippen molar-refractivity contribution >= 4 is 23.4 Å². The highest BCUT2D eigenvalue weighted by molar-refractivity contribution is 5.87. The normalized spacial score (nSPS) is 10.8. The number of nitrogens with one attached hydrogen (secondary N) is 1. The second kappa shape index (κ2) is 8.79. The summed E-state index contributed by atoms with van der Waals surface area (Å²) in [6.45, 7) is 0.643. The Morgan fingerprint density at radius 1 is 1.18 bits per heavy atom. The molecule has 0 atom stereocenters. The second-order valence-electron chi connectivity index (χ2n) is 5.31. The standard InChI is InChI=1S/C14H13N5O2.C2HF3O2/c20-14(21)11-3-1-2-10(6-11)4-5-16-12-7-15-8-13-17-9-18-19(12)13;3-2(4,5)1(6)7/h1-3,6-9,16H,4-5H2,(H,20,21);(H,6,7). The number of aromatic nitrogens is 4. The molecule has 0 fully saturated rings. The van der Waals surface area contributed by atoms with Crippen LogP contribution < -0.4 is 5.32 Å². The zero-order valence-electron chi connectivity index (χ0n) is 14.1. The summed E-state index contributed by atoms with van der Waals surface area (Å²) >= 11 is 0. The Kier molecular flexibility index (Phi) is 6.47. The Bertz CT molecular complexity index is 974. The van der Waals surface area contributed by atoms with Gasteiger partial charge in [-0.25, -0.2) is 14.6 Å². The number of carbonyl (C=O) groups is 2. The van der Waals surface area contributed by atoms with Crippen LogP contribution in [0.15, 0.2) is 43.0 Å². The van der Waals surface area contributed by atoms with E-state index < -0.39 is 18.1 Å². The van der Waals surface area contributed by atoms with E-state index in [1.807, 2.05) is 6.07 Å². The third-order valence-corrected chi connectivity index (χ3v) is 3.33. The lowest BCUT2D eigenvalue weighted by Gasteiger charge is -2.07. The number of carboxylic acid groups (broad SMARTS) is 2. The zero-order chi connectivity index (χ0) is 20.7. The van der Waals surface area contributed by atoms with Crippen molar-refractivity contribution in [2.45, 2.75) is 12.6 Å². The summed E-state index contributed by atoms with van der Waals surface area (Å²) in [5.74, 6) is -2.92. The van der Waals surface area contributed by atoms with Crippen molar-refractivity contribution in [1.29, 1.82) is 0 Å². The van der Waals surface area contributed by atoms with E-state index in [1.54, 1.807) is 35.1 Å². The fraction of sp³-hybridized carbons (Fsp3) is 0.188. The molecule has 0 bridgehead atoms. The first-order valence-corrected chi connectivity index (χ1v) is 7.68. The Morgan fingerprint density at radius 2 is 1.89 bits per heavy atom. The molecular weight excluding hydrogens is 383 g/mol. The summed E-state index contributed by atoms with van der Waals surface area (Å²) in [4.78, 5) is 28.0. The molecule has 9 nitrogen and oxygen atoms in total. The molecule has 2 heterocycles. The molecule has 0 saturated heterocycles. The molecule has 1 aromatic carbocycles. The van der Waals surface area contributed by atoms with Gasteiger partial charge in [0.25, 0.3) is 0 Å². The zero-order valence-corrected chi connectivity index (χ0v) is 14.1. The van der Waals surface area contributed by atoms with Gasteiger partial charge in [-0.2, -0.15) is 22.8 Å². The van der Waals surface area contributed by atoms with Crippen molar-refractivity contribution in [3.05, 3.63) is 54.1 Å². The molecule has 2 aromatic heterocycles. The summed E-state index contributed by atoms with van der Waals surface area (Å²) in [7, 11) is 0. The molecule has 3 N–H and O–H groups in total. The number of halogens is 3. The molecule has 28 heavy (non-hydrogen) atoms. The first-order valence-electron chi connectivity index (χ1n) is 7.68. The van der Waals surface area contributed by atoms with Crippen LogP contribution in [0.1, 0.15) is 15.9 Å². The maximum Gasteiger partial charge on any atom is 0.490 e. The van der Waals surface area contributed by atoms with Gasteiger partial charge in [0.05, 0.1) is 18.0 Å². The van der Waals surface area contributed by atoms with E-state index in [0.29, 0.717) is 24.2 Å². The monoisotopic (exact) mass is 397 g/mol. The molecule has 0 aliphatic carbocycles. The second-order valence-corrected chi connectivity index (χ2v) is 5.31. The highest BCUT2D eigenvalue weighted by atomic mass is 19.4. The predicted octanol–water partition coefficient (Wildman–Crippen LogP) is 2.11. The Labute approximate surface area is 155 Å².